The van der Waals surface area contributed by atoms with Gasteiger partial charge < -0.3 is 10.2 Å². The molecule has 3 fully saturated rings. The number of rotatable bonds is 14. The molecule has 9 nitrogen and oxygen atoms in total. The lowest BCUT2D eigenvalue weighted by Crippen LogP contribution is -2.50. The van der Waals surface area contributed by atoms with Crippen LogP contribution in [0.2, 0.25) is 0 Å². The molecule has 0 aromatic heterocycles. The van der Waals surface area contributed by atoms with Crippen molar-refractivity contribution in [2.75, 3.05) is 52.4 Å². The second kappa shape index (κ2) is 18.9. The van der Waals surface area contributed by atoms with E-state index in [4.69, 9.17) is 24.4 Å². The Morgan fingerprint density at radius 3 is 1.76 bits per heavy atom. The molecular weight excluding hydrogens is 707 g/mol. The predicted molar refractivity (Wildman–Crippen MR) is 211 cm³/mol. The zero-order valence-corrected chi connectivity index (χ0v) is 30.8. The lowest BCUT2D eigenvalue weighted by atomic mass is 10.2. The zero-order chi connectivity index (χ0) is 35.3. The molecule has 50 heavy (non-hydrogen) atoms. The number of benzene rings is 2. The third-order valence-corrected chi connectivity index (χ3v) is 11.0. The molecule has 0 spiro atoms. The quantitative estimate of drug-likeness (QED) is 0.204. The minimum atomic E-state index is -0.181. The van der Waals surface area contributed by atoms with Gasteiger partial charge in [-0.3, -0.25) is 33.9 Å². The summed E-state index contributed by atoms with van der Waals surface area (Å²) < 4.78 is 0.972. The van der Waals surface area contributed by atoms with E-state index in [2.05, 4.69) is 10.2 Å². The highest BCUT2D eigenvalue weighted by molar-refractivity contribution is 8.27. The summed E-state index contributed by atoms with van der Waals surface area (Å²) in [4.78, 5) is 59.4. The summed E-state index contributed by atoms with van der Waals surface area (Å²) in [6.45, 7) is 4.48. The van der Waals surface area contributed by atoms with Crippen molar-refractivity contribution in [1.82, 2.24) is 24.9 Å². The van der Waals surface area contributed by atoms with Gasteiger partial charge in [-0.05, 0) is 29.7 Å². The van der Waals surface area contributed by atoms with Crippen LogP contribution in [0.3, 0.4) is 0 Å². The van der Waals surface area contributed by atoms with Gasteiger partial charge in [-0.2, -0.15) is 0 Å². The lowest BCUT2D eigenvalue weighted by molar-refractivity contribution is -0.133. The standard InChI is InChI=1S/C37H39N5O4S4/c43-32(19-22-42-35(46)31(50-37(42)48)17-8-15-29-12-5-2-6-13-29)38-20-23-39-24-26-40(27-25-39)33(44)18-9-21-41-34(45)30(49-36(41)47)16-7-14-28-10-3-1-4-11-28/h1-8,10-17H,9,18-27H2,(H,38,43). The topological polar surface area (TPSA) is 93.3 Å². The fourth-order valence-corrected chi connectivity index (χ4v) is 7.98. The minimum absolute atomic E-state index is 0.0717. The highest BCUT2D eigenvalue weighted by Gasteiger charge is 2.32. The fraction of sp³-hybridized carbons (Fsp3) is 0.297. The molecular formula is C37H39N5O4S4. The van der Waals surface area contributed by atoms with Gasteiger partial charge in [0, 0.05) is 65.2 Å². The van der Waals surface area contributed by atoms with Crippen LogP contribution in [-0.4, -0.2) is 104 Å². The molecule has 0 saturated carbocycles. The molecule has 0 unspecified atom stereocenters. The van der Waals surface area contributed by atoms with E-state index in [9.17, 15) is 19.2 Å². The molecule has 0 bridgehead atoms. The molecule has 0 radical (unpaired) electrons. The molecule has 3 heterocycles. The summed E-state index contributed by atoms with van der Waals surface area (Å²) in [6, 6.07) is 19.7. The van der Waals surface area contributed by atoms with Crippen LogP contribution in [0.5, 0.6) is 0 Å². The van der Waals surface area contributed by atoms with E-state index in [0.717, 1.165) is 24.2 Å². The minimum Gasteiger partial charge on any atom is -0.355 e. The summed E-state index contributed by atoms with van der Waals surface area (Å²) in [7, 11) is 0. The van der Waals surface area contributed by atoms with Crippen molar-refractivity contribution in [2.24, 2.45) is 0 Å². The van der Waals surface area contributed by atoms with Crippen molar-refractivity contribution in [3.63, 3.8) is 0 Å². The first-order valence-electron chi connectivity index (χ1n) is 16.5. The molecule has 2 aromatic rings. The second-order valence-corrected chi connectivity index (χ2v) is 15.0. The van der Waals surface area contributed by atoms with Crippen LogP contribution in [0.4, 0.5) is 0 Å². The normalized spacial score (nSPS) is 18.9. The maximum atomic E-state index is 12.9. The summed E-state index contributed by atoms with van der Waals surface area (Å²) in [6.07, 6.45) is 12.2. The van der Waals surface area contributed by atoms with Gasteiger partial charge in [0.1, 0.15) is 8.64 Å². The zero-order valence-electron chi connectivity index (χ0n) is 27.6. The third kappa shape index (κ3) is 10.8. The van der Waals surface area contributed by atoms with Gasteiger partial charge in [-0.25, -0.2) is 0 Å². The summed E-state index contributed by atoms with van der Waals surface area (Å²) >= 11 is 13.4. The summed E-state index contributed by atoms with van der Waals surface area (Å²) in [5.74, 6) is -0.366. The Morgan fingerprint density at radius 1 is 0.700 bits per heavy atom. The van der Waals surface area contributed by atoms with Gasteiger partial charge in [0.05, 0.1) is 9.81 Å². The van der Waals surface area contributed by atoms with Crippen molar-refractivity contribution in [3.05, 3.63) is 106 Å². The fourth-order valence-electron chi connectivity index (χ4n) is 5.46. The average Bonchev–Trinajstić information content (AvgIpc) is 3.55. The number of nitrogens with one attached hydrogen (secondary N) is 1. The van der Waals surface area contributed by atoms with Crippen LogP contribution < -0.4 is 5.32 Å². The molecule has 5 rings (SSSR count). The van der Waals surface area contributed by atoms with Crippen molar-refractivity contribution in [2.45, 2.75) is 19.3 Å². The number of allylic oxidation sites excluding steroid dienone is 4. The largest absolute Gasteiger partial charge is 0.355 e. The van der Waals surface area contributed by atoms with Crippen LogP contribution >= 0.6 is 48.0 Å². The van der Waals surface area contributed by atoms with E-state index >= 15 is 0 Å². The molecule has 3 aliphatic heterocycles. The molecule has 3 saturated heterocycles. The number of amides is 4. The Balaban J connectivity index is 0.939. The second-order valence-electron chi connectivity index (χ2n) is 11.7. The number of thiocarbonyl (C=S) groups is 2. The first kappa shape index (κ1) is 37.4. The van der Waals surface area contributed by atoms with Gasteiger partial charge in [0.25, 0.3) is 11.8 Å². The highest BCUT2D eigenvalue weighted by atomic mass is 32.2. The summed E-state index contributed by atoms with van der Waals surface area (Å²) in [5, 5.41) is 2.94. The molecule has 2 aromatic carbocycles. The molecule has 3 aliphatic rings. The predicted octanol–water partition coefficient (Wildman–Crippen LogP) is 5.33. The molecule has 4 amide bonds. The maximum absolute atomic E-state index is 12.9. The van der Waals surface area contributed by atoms with Gasteiger partial charge in [-0.15, -0.1) is 0 Å². The first-order chi connectivity index (χ1) is 24.3. The van der Waals surface area contributed by atoms with Crippen molar-refractivity contribution in [3.8, 4) is 0 Å². The van der Waals surface area contributed by atoms with E-state index < -0.39 is 0 Å². The molecule has 1 N–H and O–H groups in total. The third-order valence-electron chi connectivity index (χ3n) is 8.23. The first-order valence-corrected chi connectivity index (χ1v) is 18.9. The van der Waals surface area contributed by atoms with Crippen molar-refractivity contribution in [1.29, 1.82) is 0 Å². The van der Waals surface area contributed by atoms with E-state index in [1.54, 1.807) is 17.1 Å². The maximum Gasteiger partial charge on any atom is 0.266 e. The number of hydrogen-bond donors (Lipinski definition) is 1. The summed E-state index contributed by atoms with van der Waals surface area (Å²) in [5.41, 5.74) is 2.09. The van der Waals surface area contributed by atoms with E-state index in [0.29, 0.717) is 64.0 Å². The van der Waals surface area contributed by atoms with Crippen LogP contribution in [0, 0.1) is 0 Å². The number of piperazine rings is 1. The Bertz CT molecular complexity index is 1700. The van der Waals surface area contributed by atoms with Crippen LogP contribution in [0.25, 0.3) is 12.2 Å². The lowest BCUT2D eigenvalue weighted by Gasteiger charge is -2.35. The van der Waals surface area contributed by atoms with Gasteiger partial charge in [0.2, 0.25) is 11.8 Å². The number of hydrogen-bond acceptors (Lipinski definition) is 9. The Morgan fingerprint density at radius 2 is 1.22 bits per heavy atom. The van der Waals surface area contributed by atoms with Gasteiger partial charge >= 0.3 is 0 Å². The Kier molecular flexibility index (Phi) is 14.1. The van der Waals surface area contributed by atoms with Crippen molar-refractivity contribution < 1.29 is 19.2 Å². The van der Waals surface area contributed by atoms with Crippen molar-refractivity contribution >= 4 is 92.4 Å². The molecule has 0 aliphatic carbocycles. The van der Waals surface area contributed by atoms with Crippen LogP contribution in [0.15, 0.2) is 94.8 Å². The highest BCUT2D eigenvalue weighted by Crippen LogP contribution is 2.32. The monoisotopic (exact) mass is 745 g/mol. The van der Waals surface area contributed by atoms with Gasteiger partial charge in [0.15, 0.2) is 0 Å². The SMILES string of the molecule is O=C(CCN1C(=O)C(=CC=Cc2ccccc2)SC1=S)NCCN1CCN(C(=O)CCCN2C(=O)C(=CC=Cc3ccccc3)SC2=S)CC1. The van der Waals surface area contributed by atoms with Gasteiger partial charge in [-0.1, -0.05) is 133 Å². The number of carbonyl (C=O) groups excluding carboxylic acids is 4. The van der Waals surface area contributed by atoms with Crippen LogP contribution in [0.1, 0.15) is 30.4 Å². The van der Waals surface area contributed by atoms with E-state index in [-0.39, 0.29) is 36.6 Å². The molecule has 13 heteroatoms. The van der Waals surface area contributed by atoms with E-state index in [1.165, 1.54) is 28.4 Å². The molecule has 260 valence electrons. The number of thioether (sulfide) groups is 2. The Labute approximate surface area is 312 Å². The Hall–Kier alpha value is -3.88. The average molecular weight is 746 g/mol. The molecule has 0 atom stereocenters. The van der Waals surface area contributed by atoms with E-state index in [1.807, 2.05) is 89.9 Å². The smallest absolute Gasteiger partial charge is 0.266 e. The number of nitrogens with zero attached hydrogens (tertiary/aromatic N) is 4. The van der Waals surface area contributed by atoms with Crippen LogP contribution in [-0.2, 0) is 19.2 Å². The number of carbonyl (C=O) groups is 4.